The van der Waals surface area contributed by atoms with Crippen LogP contribution in [0, 0.1) is 0 Å². The number of fused-ring (bicyclic) bond motifs is 1. The van der Waals surface area contributed by atoms with Crippen LogP contribution in [0.4, 0.5) is 0 Å². The number of para-hydroxylation sites is 1. The van der Waals surface area contributed by atoms with E-state index < -0.39 is 6.10 Å². The fourth-order valence-electron chi connectivity index (χ4n) is 4.23. The molecule has 0 aliphatic carbocycles. The van der Waals surface area contributed by atoms with Gasteiger partial charge in [-0.2, -0.15) is 0 Å². The minimum atomic E-state index is -0.553. The van der Waals surface area contributed by atoms with Crippen molar-refractivity contribution >= 4 is 16.8 Å². The van der Waals surface area contributed by atoms with E-state index in [1.54, 1.807) is 30.1 Å². The lowest BCUT2D eigenvalue weighted by atomic mass is 10.0. The summed E-state index contributed by atoms with van der Waals surface area (Å²) >= 11 is 0. The summed E-state index contributed by atoms with van der Waals surface area (Å²) in [5.41, 5.74) is 2.98. The molecule has 1 amide bonds. The third-order valence-electron chi connectivity index (χ3n) is 6.36. The molecule has 0 bridgehead atoms. The predicted molar refractivity (Wildman–Crippen MR) is 142 cm³/mol. The Hall–Kier alpha value is -3.81. The van der Waals surface area contributed by atoms with Crippen molar-refractivity contribution in [3.05, 3.63) is 112 Å². The molecule has 1 aromatic heterocycles. The van der Waals surface area contributed by atoms with Crippen LogP contribution >= 0.6 is 0 Å². The lowest BCUT2D eigenvalue weighted by molar-refractivity contribution is 0.0781. The van der Waals surface area contributed by atoms with Gasteiger partial charge in [0.15, 0.2) is 0 Å². The number of aliphatic hydroxyl groups excluding tert-OH is 1. The van der Waals surface area contributed by atoms with Gasteiger partial charge in [0.25, 0.3) is 11.5 Å². The number of nitrogens with one attached hydrogen (secondary N) is 2. The Morgan fingerprint density at radius 2 is 1.72 bits per heavy atom. The third-order valence-corrected chi connectivity index (χ3v) is 6.36. The number of H-pyrrole nitrogens is 1. The van der Waals surface area contributed by atoms with Crippen LogP contribution in [0.25, 0.3) is 10.9 Å². The van der Waals surface area contributed by atoms with Gasteiger partial charge < -0.3 is 20.3 Å². The number of amides is 1. The maximum absolute atomic E-state index is 13.0. The average molecular weight is 485 g/mol. The molecule has 0 aliphatic rings. The Morgan fingerprint density at radius 3 is 2.44 bits per heavy atom. The maximum atomic E-state index is 13.0. The zero-order valence-electron chi connectivity index (χ0n) is 20.6. The summed E-state index contributed by atoms with van der Waals surface area (Å²) in [6.07, 6.45) is 1.16. The SMILES string of the molecule is CCC(Cc1ccc(C(=O)N(C)Cc2nc3ccccc3c(=O)[nH]2)cc1)NCC(O)c1ccccc1. The van der Waals surface area contributed by atoms with Crippen molar-refractivity contribution < 1.29 is 9.90 Å². The summed E-state index contributed by atoms with van der Waals surface area (Å²) in [4.78, 5) is 34.1. The number of nitrogens with zero attached hydrogens (tertiary/aromatic N) is 2. The first-order chi connectivity index (χ1) is 17.4. The minimum absolute atomic E-state index is 0.145. The van der Waals surface area contributed by atoms with Crippen molar-refractivity contribution in [1.29, 1.82) is 0 Å². The van der Waals surface area contributed by atoms with Crippen LogP contribution in [0.2, 0.25) is 0 Å². The molecule has 0 saturated carbocycles. The summed E-state index contributed by atoms with van der Waals surface area (Å²) in [6, 6.07) is 24.6. The van der Waals surface area contributed by atoms with Crippen LogP contribution in [0.5, 0.6) is 0 Å². The highest BCUT2D eigenvalue weighted by molar-refractivity contribution is 5.94. The molecule has 36 heavy (non-hydrogen) atoms. The number of aromatic nitrogens is 2. The van der Waals surface area contributed by atoms with Gasteiger partial charge in [-0.1, -0.05) is 61.5 Å². The van der Waals surface area contributed by atoms with Gasteiger partial charge in [0.2, 0.25) is 0 Å². The van der Waals surface area contributed by atoms with Crippen molar-refractivity contribution in [3.63, 3.8) is 0 Å². The van der Waals surface area contributed by atoms with Crippen LogP contribution in [0.1, 0.15) is 46.8 Å². The van der Waals surface area contributed by atoms with Gasteiger partial charge >= 0.3 is 0 Å². The molecule has 1 heterocycles. The molecule has 186 valence electrons. The van der Waals surface area contributed by atoms with Crippen molar-refractivity contribution in [2.45, 2.75) is 38.5 Å². The molecule has 0 aliphatic heterocycles. The fourth-order valence-corrected chi connectivity index (χ4v) is 4.23. The zero-order chi connectivity index (χ0) is 25.5. The average Bonchev–Trinajstić information content (AvgIpc) is 2.91. The van der Waals surface area contributed by atoms with E-state index in [1.165, 1.54) is 0 Å². The second-order valence-electron chi connectivity index (χ2n) is 9.03. The molecule has 3 aromatic carbocycles. The lowest BCUT2D eigenvalue weighted by Crippen LogP contribution is -2.34. The number of rotatable bonds is 10. The molecular weight excluding hydrogens is 452 g/mol. The van der Waals surface area contributed by atoms with Gasteiger partial charge in [-0.15, -0.1) is 0 Å². The van der Waals surface area contributed by atoms with E-state index in [1.807, 2.05) is 60.7 Å². The number of aliphatic hydroxyl groups is 1. The second kappa shape index (κ2) is 11.7. The largest absolute Gasteiger partial charge is 0.387 e. The van der Waals surface area contributed by atoms with Crippen LogP contribution in [-0.4, -0.2) is 45.5 Å². The van der Waals surface area contributed by atoms with Crippen LogP contribution in [0.3, 0.4) is 0 Å². The molecule has 0 fully saturated rings. The molecular formula is C29H32N4O3. The molecule has 7 nitrogen and oxygen atoms in total. The Bertz CT molecular complexity index is 1350. The monoisotopic (exact) mass is 484 g/mol. The summed E-state index contributed by atoms with van der Waals surface area (Å²) in [7, 11) is 1.69. The Kier molecular flexibility index (Phi) is 8.25. The highest BCUT2D eigenvalue weighted by Crippen LogP contribution is 2.14. The first-order valence-corrected chi connectivity index (χ1v) is 12.2. The van der Waals surface area contributed by atoms with E-state index in [2.05, 4.69) is 22.2 Å². The standard InChI is InChI=1S/C29H32N4O3/c1-3-23(30-18-26(34)21-9-5-4-6-10-21)17-20-13-15-22(16-14-20)29(36)33(2)19-27-31-25-12-8-7-11-24(25)28(35)32-27/h4-16,23,26,30,34H,3,17-19H2,1-2H3,(H,31,32,35). The van der Waals surface area contributed by atoms with E-state index in [-0.39, 0.29) is 24.1 Å². The van der Waals surface area contributed by atoms with E-state index in [0.717, 1.165) is 24.0 Å². The number of aromatic amines is 1. The molecule has 2 unspecified atom stereocenters. The Morgan fingerprint density at radius 1 is 1.03 bits per heavy atom. The first kappa shape index (κ1) is 25.3. The van der Waals surface area contributed by atoms with E-state index in [4.69, 9.17) is 0 Å². The minimum Gasteiger partial charge on any atom is -0.387 e. The van der Waals surface area contributed by atoms with Crippen molar-refractivity contribution in [2.24, 2.45) is 0 Å². The van der Waals surface area contributed by atoms with E-state index >= 15 is 0 Å². The molecule has 0 spiro atoms. The summed E-state index contributed by atoms with van der Waals surface area (Å²) in [5, 5.41) is 14.4. The Labute approximate surface area is 210 Å². The molecule has 4 aromatic rings. The summed E-state index contributed by atoms with van der Waals surface area (Å²) < 4.78 is 0. The number of hydrogen-bond donors (Lipinski definition) is 3. The first-order valence-electron chi connectivity index (χ1n) is 12.2. The molecule has 7 heteroatoms. The zero-order valence-corrected chi connectivity index (χ0v) is 20.6. The van der Waals surface area contributed by atoms with Gasteiger partial charge in [-0.25, -0.2) is 4.98 Å². The lowest BCUT2D eigenvalue weighted by Gasteiger charge is -2.20. The van der Waals surface area contributed by atoms with Crippen molar-refractivity contribution in [1.82, 2.24) is 20.2 Å². The second-order valence-corrected chi connectivity index (χ2v) is 9.03. The molecule has 0 radical (unpaired) electrons. The molecule has 4 rings (SSSR count). The Balaban J connectivity index is 1.34. The third kappa shape index (κ3) is 6.24. The van der Waals surface area contributed by atoms with Gasteiger partial charge in [0.05, 0.1) is 23.6 Å². The van der Waals surface area contributed by atoms with E-state index in [9.17, 15) is 14.7 Å². The highest BCUT2D eigenvalue weighted by atomic mass is 16.3. The highest BCUT2D eigenvalue weighted by Gasteiger charge is 2.15. The topological polar surface area (TPSA) is 98.3 Å². The maximum Gasteiger partial charge on any atom is 0.258 e. The van der Waals surface area contributed by atoms with Gasteiger partial charge in [-0.3, -0.25) is 9.59 Å². The van der Waals surface area contributed by atoms with Crippen LogP contribution in [-0.2, 0) is 13.0 Å². The smallest absolute Gasteiger partial charge is 0.258 e. The van der Waals surface area contributed by atoms with Crippen molar-refractivity contribution in [3.8, 4) is 0 Å². The number of benzene rings is 3. The normalized spacial score (nSPS) is 12.9. The number of carbonyl (C=O) groups excluding carboxylic acids is 1. The molecule has 3 N–H and O–H groups in total. The number of carbonyl (C=O) groups is 1. The summed E-state index contributed by atoms with van der Waals surface area (Å²) in [6.45, 7) is 2.80. The quantitative estimate of drug-likeness (QED) is 0.318. The fraction of sp³-hybridized carbons (Fsp3) is 0.276. The van der Waals surface area contributed by atoms with Crippen LogP contribution < -0.4 is 10.9 Å². The number of hydrogen-bond acceptors (Lipinski definition) is 5. The van der Waals surface area contributed by atoms with Gasteiger partial charge in [0.1, 0.15) is 5.82 Å². The van der Waals surface area contributed by atoms with Crippen LogP contribution in [0.15, 0.2) is 83.7 Å². The van der Waals surface area contributed by atoms with Crippen molar-refractivity contribution in [2.75, 3.05) is 13.6 Å². The van der Waals surface area contributed by atoms with Gasteiger partial charge in [-0.05, 0) is 48.2 Å². The van der Waals surface area contributed by atoms with Gasteiger partial charge in [0, 0.05) is 25.2 Å². The molecule has 0 saturated heterocycles. The summed E-state index contributed by atoms with van der Waals surface area (Å²) in [5.74, 6) is 0.300. The predicted octanol–water partition coefficient (Wildman–Crippen LogP) is 3.84. The molecule has 2 atom stereocenters. The van der Waals surface area contributed by atoms with E-state index in [0.29, 0.717) is 28.8 Å².